The van der Waals surface area contributed by atoms with Crippen molar-refractivity contribution in [3.05, 3.63) is 78.0 Å². The third kappa shape index (κ3) is 4.02. The zero-order valence-electron chi connectivity index (χ0n) is 14.0. The number of rotatable bonds is 5. The van der Waals surface area contributed by atoms with Crippen molar-refractivity contribution in [1.29, 1.82) is 5.26 Å². The minimum Gasteiger partial charge on any atom is -0.481 e. The van der Waals surface area contributed by atoms with Gasteiger partial charge in [0.25, 0.3) is 5.91 Å². The number of pyridine rings is 1. The Labute approximate surface area is 155 Å². The summed E-state index contributed by atoms with van der Waals surface area (Å²) >= 11 is 1.39. The highest BCUT2D eigenvalue weighted by Crippen LogP contribution is 2.32. The summed E-state index contributed by atoms with van der Waals surface area (Å²) in [5.74, 6) is 0.238. The van der Waals surface area contributed by atoms with E-state index in [-0.39, 0.29) is 5.91 Å². The number of benzene rings is 2. The van der Waals surface area contributed by atoms with Crippen LogP contribution in [-0.4, -0.2) is 18.0 Å². The largest absolute Gasteiger partial charge is 0.481 e. The molecule has 3 rings (SSSR count). The Balaban J connectivity index is 1.84. The molecule has 0 radical (unpaired) electrons. The molecule has 128 valence electrons. The van der Waals surface area contributed by atoms with Gasteiger partial charge in [-0.1, -0.05) is 36.0 Å². The predicted octanol–water partition coefficient (Wildman–Crippen LogP) is 4.37. The van der Waals surface area contributed by atoms with Gasteiger partial charge in [-0.05, 0) is 30.3 Å². The molecule has 1 aromatic heterocycles. The number of nitrogens with one attached hydrogen (secondary N) is 1. The molecule has 0 aliphatic heterocycles. The average Bonchev–Trinajstić information content (AvgIpc) is 2.69. The minimum atomic E-state index is -0.241. The van der Waals surface area contributed by atoms with Crippen LogP contribution >= 0.6 is 11.8 Å². The van der Waals surface area contributed by atoms with Gasteiger partial charge in [0.05, 0.1) is 30.1 Å². The third-order valence-corrected chi connectivity index (χ3v) is 4.71. The van der Waals surface area contributed by atoms with Crippen LogP contribution < -0.4 is 10.1 Å². The molecule has 1 amide bonds. The number of hydrogen-bond acceptors (Lipinski definition) is 5. The second-order valence-corrected chi connectivity index (χ2v) is 6.33. The van der Waals surface area contributed by atoms with E-state index in [2.05, 4.69) is 16.4 Å². The Morgan fingerprint density at radius 3 is 2.50 bits per heavy atom. The van der Waals surface area contributed by atoms with E-state index in [1.165, 1.54) is 25.1 Å². The number of hydrogen-bond donors (Lipinski definition) is 1. The summed E-state index contributed by atoms with van der Waals surface area (Å²) in [5, 5.41) is 12.1. The summed E-state index contributed by atoms with van der Waals surface area (Å²) < 4.78 is 5.01. The Morgan fingerprint density at radius 1 is 1.08 bits per heavy atom. The molecule has 5 nitrogen and oxygen atoms in total. The summed E-state index contributed by atoms with van der Waals surface area (Å²) in [6.07, 6.45) is 1.54. The molecule has 0 unspecified atom stereocenters. The standard InChI is InChI=1S/C20H15N3O2S/c1-25-19-11-10-15(13-22-19)23-20(24)16-7-3-5-9-18(16)26-17-8-4-2-6-14(17)12-21/h2-11,13H,1H3,(H,23,24). The summed E-state index contributed by atoms with van der Waals surface area (Å²) in [6.45, 7) is 0. The van der Waals surface area contributed by atoms with Crippen molar-refractivity contribution >= 4 is 23.4 Å². The van der Waals surface area contributed by atoms with Gasteiger partial charge in [-0.25, -0.2) is 4.98 Å². The smallest absolute Gasteiger partial charge is 0.256 e. The van der Waals surface area contributed by atoms with Crippen molar-refractivity contribution in [1.82, 2.24) is 4.98 Å². The van der Waals surface area contributed by atoms with Crippen molar-refractivity contribution in [2.24, 2.45) is 0 Å². The van der Waals surface area contributed by atoms with Gasteiger partial charge in [0.1, 0.15) is 6.07 Å². The van der Waals surface area contributed by atoms with Crippen molar-refractivity contribution in [3.63, 3.8) is 0 Å². The highest BCUT2D eigenvalue weighted by molar-refractivity contribution is 7.99. The van der Waals surface area contributed by atoms with Crippen molar-refractivity contribution < 1.29 is 9.53 Å². The maximum Gasteiger partial charge on any atom is 0.256 e. The van der Waals surface area contributed by atoms with Gasteiger partial charge in [0, 0.05) is 15.9 Å². The molecule has 0 aliphatic rings. The number of nitriles is 1. The Kier molecular flexibility index (Phi) is 5.52. The number of carbonyl (C=O) groups excluding carboxylic acids is 1. The lowest BCUT2D eigenvalue weighted by Crippen LogP contribution is -2.13. The van der Waals surface area contributed by atoms with E-state index in [0.717, 1.165) is 9.79 Å². The second kappa shape index (κ2) is 8.19. The number of ether oxygens (including phenoxy) is 1. The first kappa shape index (κ1) is 17.5. The molecule has 0 spiro atoms. The maximum atomic E-state index is 12.7. The molecule has 26 heavy (non-hydrogen) atoms. The topological polar surface area (TPSA) is 75.0 Å². The van der Waals surface area contributed by atoms with E-state index >= 15 is 0 Å². The summed E-state index contributed by atoms with van der Waals surface area (Å²) in [6, 6.07) is 20.2. The zero-order valence-corrected chi connectivity index (χ0v) is 14.8. The number of anilines is 1. The van der Waals surface area contributed by atoms with Gasteiger partial charge in [-0.15, -0.1) is 0 Å². The van der Waals surface area contributed by atoms with Gasteiger partial charge in [0.2, 0.25) is 5.88 Å². The number of aromatic nitrogens is 1. The number of amides is 1. The Bertz CT molecular complexity index is 965. The third-order valence-electron chi connectivity index (χ3n) is 3.56. The van der Waals surface area contributed by atoms with Gasteiger partial charge < -0.3 is 10.1 Å². The monoisotopic (exact) mass is 361 g/mol. The van der Waals surface area contributed by atoms with Crippen LogP contribution in [0.4, 0.5) is 5.69 Å². The number of methoxy groups -OCH3 is 1. The first-order valence-corrected chi connectivity index (χ1v) is 8.60. The quantitative estimate of drug-likeness (QED) is 0.730. The van der Waals surface area contributed by atoms with Crippen molar-refractivity contribution in [3.8, 4) is 11.9 Å². The summed E-state index contributed by atoms with van der Waals surface area (Å²) in [4.78, 5) is 18.3. The lowest BCUT2D eigenvalue weighted by Gasteiger charge is -2.10. The molecule has 2 aromatic carbocycles. The van der Waals surface area contributed by atoms with Gasteiger partial charge in [0.15, 0.2) is 0 Å². The van der Waals surface area contributed by atoms with Crippen LogP contribution in [0.1, 0.15) is 15.9 Å². The Hall–Kier alpha value is -3.30. The Morgan fingerprint density at radius 2 is 1.81 bits per heavy atom. The van der Waals surface area contributed by atoms with Gasteiger partial charge in [-0.3, -0.25) is 4.79 Å². The second-order valence-electron chi connectivity index (χ2n) is 5.25. The summed E-state index contributed by atoms with van der Waals surface area (Å²) in [5.41, 5.74) is 1.68. The minimum absolute atomic E-state index is 0.241. The van der Waals surface area contributed by atoms with Crippen LogP contribution in [0, 0.1) is 11.3 Å². The van der Waals surface area contributed by atoms with Crippen LogP contribution in [0.3, 0.4) is 0 Å². The fourth-order valence-corrected chi connectivity index (χ4v) is 3.31. The van der Waals surface area contributed by atoms with Gasteiger partial charge >= 0.3 is 0 Å². The highest BCUT2D eigenvalue weighted by atomic mass is 32.2. The SMILES string of the molecule is COc1ccc(NC(=O)c2ccccc2Sc2ccccc2C#N)cn1. The molecule has 0 saturated carbocycles. The van der Waals surface area contributed by atoms with Crippen LogP contribution in [0.2, 0.25) is 0 Å². The molecular weight excluding hydrogens is 346 g/mol. The molecule has 1 N–H and O–H groups in total. The molecular formula is C20H15N3O2S. The first-order valence-electron chi connectivity index (χ1n) is 7.78. The van der Waals surface area contributed by atoms with E-state index in [1.807, 2.05) is 30.3 Å². The van der Waals surface area contributed by atoms with E-state index < -0.39 is 0 Å². The van der Waals surface area contributed by atoms with E-state index in [9.17, 15) is 10.1 Å². The van der Waals surface area contributed by atoms with Crippen LogP contribution in [0.25, 0.3) is 0 Å². The van der Waals surface area contributed by atoms with Crippen LogP contribution in [0.15, 0.2) is 76.7 Å². The van der Waals surface area contributed by atoms with Crippen molar-refractivity contribution in [2.75, 3.05) is 12.4 Å². The lowest BCUT2D eigenvalue weighted by atomic mass is 10.2. The van der Waals surface area contributed by atoms with E-state index in [0.29, 0.717) is 22.7 Å². The normalized spacial score (nSPS) is 10.0. The molecule has 0 aliphatic carbocycles. The molecule has 0 atom stereocenters. The molecule has 0 saturated heterocycles. The molecule has 0 bridgehead atoms. The highest BCUT2D eigenvalue weighted by Gasteiger charge is 2.14. The summed E-state index contributed by atoms with van der Waals surface area (Å²) in [7, 11) is 1.53. The number of carbonyl (C=O) groups is 1. The van der Waals surface area contributed by atoms with Crippen LogP contribution in [-0.2, 0) is 0 Å². The fraction of sp³-hybridized carbons (Fsp3) is 0.0500. The molecule has 1 heterocycles. The number of nitrogens with zero attached hydrogens (tertiary/aromatic N) is 2. The average molecular weight is 361 g/mol. The van der Waals surface area contributed by atoms with Crippen molar-refractivity contribution in [2.45, 2.75) is 9.79 Å². The maximum absolute atomic E-state index is 12.7. The fourth-order valence-electron chi connectivity index (χ4n) is 2.28. The van der Waals surface area contributed by atoms with E-state index in [4.69, 9.17) is 4.74 Å². The van der Waals surface area contributed by atoms with E-state index in [1.54, 1.807) is 30.3 Å². The molecule has 0 fully saturated rings. The predicted molar refractivity (Wildman–Crippen MR) is 100 cm³/mol. The van der Waals surface area contributed by atoms with Gasteiger partial charge in [-0.2, -0.15) is 5.26 Å². The molecule has 6 heteroatoms. The molecule has 3 aromatic rings. The van der Waals surface area contributed by atoms with Crippen LogP contribution in [0.5, 0.6) is 5.88 Å². The lowest BCUT2D eigenvalue weighted by molar-refractivity contribution is 0.102. The first-order chi connectivity index (χ1) is 12.7. The zero-order chi connectivity index (χ0) is 18.4.